The second-order valence-electron chi connectivity index (χ2n) is 3.95. The highest BCUT2D eigenvalue weighted by Crippen LogP contribution is 2.15. The number of unbranched alkanes of at least 4 members (excludes halogenated alkanes) is 1. The fraction of sp³-hybridized carbons (Fsp3) is 0.357. The van der Waals surface area contributed by atoms with Crippen molar-refractivity contribution < 1.29 is 9.90 Å². The molecule has 0 aliphatic rings. The highest BCUT2D eigenvalue weighted by atomic mass is 16.4. The van der Waals surface area contributed by atoms with Gasteiger partial charge in [-0.25, -0.2) is 0 Å². The predicted octanol–water partition coefficient (Wildman–Crippen LogP) is 2.18. The highest BCUT2D eigenvalue weighted by Gasteiger charge is 1.96. The quantitative estimate of drug-likeness (QED) is 0.709. The smallest absolute Gasteiger partial charge is 0.0645 e. The lowest BCUT2D eigenvalue weighted by Gasteiger charge is -2.05. The molecule has 1 aromatic rings. The van der Waals surface area contributed by atoms with E-state index < -0.39 is 5.97 Å². The van der Waals surface area contributed by atoms with Gasteiger partial charge in [0.25, 0.3) is 0 Å². The maximum absolute atomic E-state index is 10.4. The third-order valence-electron chi connectivity index (χ3n) is 2.56. The van der Waals surface area contributed by atoms with Gasteiger partial charge in [0, 0.05) is 0 Å². The second kappa shape index (κ2) is 6.11. The van der Waals surface area contributed by atoms with Crippen LogP contribution in [0.5, 0.6) is 0 Å². The third-order valence-corrected chi connectivity index (χ3v) is 2.56. The first-order valence-corrected chi connectivity index (χ1v) is 5.62. The lowest BCUT2D eigenvalue weighted by atomic mass is 10.0. The van der Waals surface area contributed by atoms with E-state index in [1.54, 1.807) is 6.92 Å². The lowest BCUT2D eigenvalue weighted by Crippen LogP contribution is -2.19. The average Bonchev–Trinajstić information content (AvgIpc) is 2.26. The number of aryl methyl sites for hydroxylation is 1. The maximum Gasteiger partial charge on any atom is 0.0645 e. The SMILES string of the molecule is CCCCc1ccc(/C(C)=C/C(=O)[O-])cc1. The molecule has 0 radical (unpaired) electrons. The number of allylic oxidation sites excluding steroid dienone is 1. The summed E-state index contributed by atoms with van der Waals surface area (Å²) in [4.78, 5) is 10.4. The number of carbonyl (C=O) groups excluding carboxylic acids is 1. The first-order valence-electron chi connectivity index (χ1n) is 5.62. The van der Waals surface area contributed by atoms with Crippen molar-refractivity contribution in [2.75, 3.05) is 0 Å². The van der Waals surface area contributed by atoms with Crippen LogP contribution in [0.25, 0.3) is 5.57 Å². The van der Waals surface area contributed by atoms with E-state index in [1.165, 1.54) is 18.4 Å². The Morgan fingerprint density at radius 2 is 1.94 bits per heavy atom. The number of carbonyl (C=O) groups is 1. The van der Waals surface area contributed by atoms with Gasteiger partial charge in [0.2, 0.25) is 0 Å². The highest BCUT2D eigenvalue weighted by molar-refractivity contribution is 5.88. The zero-order valence-electron chi connectivity index (χ0n) is 9.82. The zero-order valence-corrected chi connectivity index (χ0v) is 9.82. The molecule has 0 aromatic heterocycles. The molecule has 0 saturated carbocycles. The van der Waals surface area contributed by atoms with Crippen LogP contribution in [0.2, 0.25) is 0 Å². The molecule has 0 atom stereocenters. The Morgan fingerprint density at radius 1 is 1.31 bits per heavy atom. The molecule has 0 bridgehead atoms. The molecule has 0 N–H and O–H groups in total. The van der Waals surface area contributed by atoms with Gasteiger partial charge in [0.05, 0.1) is 5.97 Å². The van der Waals surface area contributed by atoms with Gasteiger partial charge in [-0.05, 0) is 42.5 Å². The summed E-state index contributed by atoms with van der Waals surface area (Å²) in [7, 11) is 0. The number of hydrogen-bond donors (Lipinski definition) is 0. The second-order valence-corrected chi connectivity index (χ2v) is 3.95. The van der Waals surface area contributed by atoms with E-state index in [0.717, 1.165) is 23.6 Å². The Labute approximate surface area is 96.6 Å². The molecular formula is C14H17O2-. The Hall–Kier alpha value is -1.57. The van der Waals surface area contributed by atoms with Gasteiger partial charge < -0.3 is 9.90 Å². The monoisotopic (exact) mass is 217 g/mol. The number of benzene rings is 1. The Kier molecular flexibility index (Phi) is 4.77. The van der Waals surface area contributed by atoms with E-state index in [4.69, 9.17) is 0 Å². The Morgan fingerprint density at radius 3 is 2.44 bits per heavy atom. The van der Waals surface area contributed by atoms with Crippen molar-refractivity contribution in [3.63, 3.8) is 0 Å². The number of carboxylic acid groups (broad SMARTS) is 1. The molecule has 86 valence electrons. The molecule has 0 aliphatic heterocycles. The average molecular weight is 217 g/mol. The summed E-state index contributed by atoms with van der Waals surface area (Å²) in [6, 6.07) is 8.02. The summed E-state index contributed by atoms with van der Waals surface area (Å²) >= 11 is 0. The van der Waals surface area contributed by atoms with Crippen molar-refractivity contribution in [3.8, 4) is 0 Å². The summed E-state index contributed by atoms with van der Waals surface area (Å²) in [6.07, 6.45) is 4.58. The fourth-order valence-corrected chi connectivity index (χ4v) is 1.58. The van der Waals surface area contributed by atoms with Gasteiger partial charge in [-0.15, -0.1) is 0 Å². The Balaban J connectivity index is 2.74. The van der Waals surface area contributed by atoms with Crippen LogP contribution in [0.15, 0.2) is 30.3 Å². The molecule has 0 saturated heterocycles. The van der Waals surface area contributed by atoms with Crippen molar-refractivity contribution in [2.24, 2.45) is 0 Å². The summed E-state index contributed by atoms with van der Waals surface area (Å²) in [5.41, 5.74) is 2.96. The molecule has 0 fully saturated rings. The number of aliphatic carboxylic acids is 1. The molecule has 2 nitrogen and oxygen atoms in total. The van der Waals surface area contributed by atoms with E-state index in [0.29, 0.717) is 0 Å². The summed E-state index contributed by atoms with van der Waals surface area (Å²) in [6.45, 7) is 3.94. The molecule has 0 spiro atoms. The van der Waals surface area contributed by atoms with Crippen LogP contribution >= 0.6 is 0 Å². The van der Waals surface area contributed by atoms with E-state index >= 15 is 0 Å². The molecule has 0 aliphatic carbocycles. The van der Waals surface area contributed by atoms with Gasteiger partial charge in [-0.3, -0.25) is 0 Å². The molecule has 0 unspecified atom stereocenters. The minimum atomic E-state index is -1.15. The first kappa shape index (κ1) is 12.5. The molecule has 0 heterocycles. The van der Waals surface area contributed by atoms with Crippen molar-refractivity contribution in [1.29, 1.82) is 0 Å². The normalized spacial score (nSPS) is 11.5. The van der Waals surface area contributed by atoms with Crippen molar-refractivity contribution in [1.82, 2.24) is 0 Å². The number of hydrogen-bond acceptors (Lipinski definition) is 2. The summed E-state index contributed by atoms with van der Waals surface area (Å²) in [5.74, 6) is -1.15. The third kappa shape index (κ3) is 3.89. The van der Waals surface area contributed by atoms with Crippen LogP contribution in [0, 0.1) is 0 Å². The maximum atomic E-state index is 10.4. The standard InChI is InChI=1S/C14H18O2/c1-3-4-5-12-6-8-13(9-7-12)11(2)10-14(15)16/h6-10H,3-5H2,1-2H3,(H,15,16)/p-1/b11-10+. The van der Waals surface area contributed by atoms with Gasteiger partial charge in [0.15, 0.2) is 0 Å². The number of rotatable bonds is 5. The van der Waals surface area contributed by atoms with Crippen LogP contribution < -0.4 is 5.11 Å². The fourth-order valence-electron chi connectivity index (χ4n) is 1.58. The van der Waals surface area contributed by atoms with E-state index in [-0.39, 0.29) is 0 Å². The van der Waals surface area contributed by atoms with E-state index in [9.17, 15) is 9.90 Å². The Bertz CT molecular complexity index is 374. The largest absolute Gasteiger partial charge is 0.545 e. The minimum Gasteiger partial charge on any atom is -0.545 e. The zero-order chi connectivity index (χ0) is 12.0. The van der Waals surface area contributed by atoms with Gasteiger partial charge in [0.1, 0.15) is 0 Å². The van der Waals surface area contributed by atoms with Crippen molar-refractivity contribution >= 4 is 11.5 Å². The van der Waals surface area contributed by atoms with Crippen LogP contribution in [-0.4, -0.2) is 5.97 Å². The van der Waals surface area contributed by atoms with Crippen LogP contribution in [0.1, 0.15) is 37.8 Å². The predicted molar refractivity (Wildman–Crippen MR) is 63.7 cm³/mol. The van der Waals surface area contributed by atoms with Gasteiger partial charge in [-0.2, -0.15) is 0 Å². The van der Waals surface area contributed by atoms with Crippen molar-refractivity contribution in [3.05, 3.63) is 41.5 Å². The van der Waals surface area contributed by atoms with Crippen LogP contribution in [-0.2, 0) is 11.2 Å². The van der Waals surface area contributed by atoms with Crippen LogP contribution in [0.4, 0.5) is 0 Å². The molecule has 0 amide bonds. The van der Waals surface area contributed by atoms with Crippen LogP contribution in [0.3, 0.4) is 0 Å². The van der Waals surface area contributed by atoms with Crippen molar-refractivity contribution in [2.45, 2.75) is 33.1 Å². The lowest BCUT2D eigenvalue weighted by molar-refractivity contribution is -0.297. The molecular weight excluding hydrogens is 200 g/mol. The van der Waals surface area contributed by atoms with E-state index in [1.807, 2.05) is 12.1 Å². The summed E-state index contributed by atoms with van der Waals surface area (Å²) < 4.78 is 0. The van der Waals surface area contributed by atoms with Gasteiger partial charge in [-0.1, -0.05) is 37.6 Å². The minimum absolute atomic E-state index is 0.724. The topological polar surface area (TPSA) is 40.1 Å². The molecule has 1 rings (SSSR count). The van der Waals surface area contributed by atoms with E-state index in [2.05, 4.69) is 19.1 Å². The first-order chi connectivity index (χ1) is 7.63. The molecule has 16 heavy (non-hydrogen) atoms. The molecule has 2 heteroatoms. The number of carboxylic acids is 1. The van der Waals surface area contributed by atoms with Gasteiger partial charge >= 0.3 is 0 Å². The molecule has 1 aromatic carbocycles. The summed E-state index contributed by atoms with van der Waals surface area (Å²) in [5, 5.41) is 10.4.